The number of nitrogens with one attached hydrogen (secondary N) is 1. The van der Waals surface area contributed by atoms with Gasteiger partial charge in [-0.05, 0) is 27.7 Å². The van der Waals surface area contributed by atoms with Gasteiger partial charge in [0.1, 0.15) is 10.5 Å². The summed E-state index contributed by atoms with van der Waals surface area (Å²) in [4.78, 5) is 30.1. The Morgan fingerprint density at radius 2 is 2.05 bits per heavy atom. The standard InChI is InChI=1S/C13H20N4O3S/c1-7-9(10(18)20-13(2,3)4)21-11(15-7)16-12(19)17-5-8(14)6-17/h8H,5-6,14H2,1-4H3,(H,15,16,19). The third-order valence-corrected chi connectivity index (χ3v) is 3.84. The Morgan fingerprint density at radius 1 is 1.43 bits per heavy atom. The van der Waals surface area contributed by atoms with Gasteiger partial charge < -0.3 is 15.4 Å². The molecule has 2 heterocycles. The molecule has 1 fully saturated rings. The number of esters is 1. The maximum atomic E-state index is 12.0. The maximum absolute atomic E-state index is 12.0. The second kappa shape index (κ2) is 5.61. The Balaban J connectivity index is 2.02. The van der Waals surface area contributed by atoms with Gasteiger partial charge in [0.05, 0.1) is 5.69 Å². The highest BCUT2D eigenvalue weighted by atomic mass is 32.1. The molecule has 0 unspecified atom stereocenters. The van der Waals surface area contributed by atoms with Crippen molar-refractivity contribution in [1.82, 2.24) is 9.88 Å². The summed E-state index contributed by atoms with van der Waals surface area (Å²) >= 11 is 1.11. The van der Waals surface area contributed by atoms with Crippen LogP contribution in [0.2, 0.25) is 0 Å². The number of hydrogen-bond acceptors (Lipinski definition) is 6. The monoisotopic (exact) mass is 312 g/mol. The molecule has 1 saturated heterocycles. The molecule has 1 aliphatic rings. The molecule has 0 atom stereocenters. The smallest absolute Gasteiger partial charge is 0.350 e. The van der Waals surface area contributed by atoms with E-state index >= 15 is 0 Å². The molecule has 8 heteroatoms. The number of nitrogens with two attached hydrogens (primary N) is 1. The molecule has 21 heavy (non-hydrogen) atoms. The molecule has 2 amide bonds. The number of rotatable bonds is 2. The summed E-state index contributed by atoms with van der Waals surface area (Å²) in [6.07, 6.45) is 0. The summed E-state index contributed by atoms with van der Waals surface area (Å²) in [6.45, 7) is 8.19. The van der Waals surface area contributed by atoms with Crippen molar-refractivity contribution in [3.8, 4) is 0 Å². The SMILES string of the molecule is Cc1nc(NC(=O)N2CC(N)C2)sc1C(=O)OC(C)(C)C. The van der Waals surface area contributed by atoms with Gasteiger partial charge in [0.2, 0.25) is 0 Å². The number of aromatic nitrogens is 1. The highest BCUT2D eigenvalue weighted by molar-refractivity contribution is 7.17. The van der Waals surface area contributed by atoms with Gasteiger partial charge in [0, 0.05) is 19.1 Å². The van der Waals surface area contributed by atoms with E-state index in [0.717, 1.165) is 11.3 Å². The third kappa shape index (κ3) is 3.92. The summed E-state index contributed by atoms with van der Waals surface area (Å²) in [6, 6.07) is -0.202. The number of aryl methyl sites for hydroxylation is 1. The zero-order chi connectivity index (χ0) is 15.8. The molecule has 0 saturated carbocycles. The highest BCUT2D eigenvalue weighted by Gasteiger charge is 2.29. The number of carbonyl (C=O) groups is 2. The van der Waals surface area contributed by atoms with Crippen LogP contribution >= 0.6 is 11.3 Å². The molecule has 7 nitrogen and oxygen atoms in total. The van der Waals surface area contributed by atoms with Crippen molar-refractivity contribution in [2.75, 3.05) is 18.4 Å². The van der Waals surface area contributed by atoms with E-state index < -0.39 is 11.6 Å². The minimum atomic E-state index is -0.565. The predicted molar refractivity (Wildman–Crippen MR) is 80.6 cm³/mol. The highest BCUT2D eigenvalue weighted by Crippen LogP contribution is 2.25. The van der Waals surface area contributed by atoms with Gasteiger partial charge in [-0.1, -0.05) is 11.3 Å². The molecule has 0 bridgehead atoms. The average molecular weight is 312 g/mol. The first kappa shape index (κ1) is 15.7. The quantitative estimate of drug-likeness (QED) is 0.808. The fourth-order valence-electron chi connectivity index (χ4n) is 1.81. The molecule has 0 aliphatic carbocycles. The maximum Gasteiger partial charge on any atom is 0.350 e. The normalized spacial score (nSPS) is 15.6. The van der Waals surface area contributed by atoms with Crippen LogP contribution in [0.15, 0.2) is 0 Å². The number of amides is 2. The number of ether oxygens (including phenoxy) is 1. The van der Waals surface area contributed by atoms with Crippen LogP contribution in [-0.2, 0) is 4.74 Å². The van der Waals surface area contributed by atoms with Crippen LogP contribution < -0.4 is 11.1 Å². The van der Waals surface area contributed by atoms with Gasteiger partial charge in [-0.15, -0.1) is 0 Å². The van der Waals surface area contributed by atoms with E-state index in [4.69, 9.17) is 10.5 Å². The largest absolute Gasteiger partial charge is 0.456 e. The van der Waals surface area contributed by atoms with Crippen molar-refractivity contribution in [2.24, 2.45) is 5.73 Å². The number of likely N-dealkylation sites (tertiary alicyclic amines) is 1. The summed E-state index contributed by atoms with van der Waals surface area (Å²) in [5, 5.41) is 3.06. The molecular weight excluding hydrogens is 292 g/mol. The van der Waals surface area contributed by atoms with Crippen molar-refractivity contribution in [3.05, 3.63) is 10.6 Å². The van der Waals surface area contributed by atoms with Crippen molar-refractivity contribution >= 4 is 28.5 Å². The van der Waals surface area contributed by atoms with Crippen molar-refractivity contribution < 1.29 is 14.3 Å². The van der Waals surface area contributed by atoms with Crippen LogP contribution in [0.4, 0.5) is 9.93 Å². The van der Waals surface area contributed by atoms with Gasteiger partial charge in [0.15, 0.2) is 5.13 Å². The van der Waals surface area contributed by atoms with Crippen LogP contribution in [0, 0.1) is 6.92 Å². The lowest BCUT2D eigenvalue weighted by Crippen LogP contribution is -2.58. The second-order valence-corrected chi connectivity index (χ2v) is 7.03. The fraction of sp³-hybridized carbons (Fsp3) is 0.615. The zero-order valence-corrected chi connectivity index (χ0v) is 13.4. The first-order chi connectivity index (χ1) is 9.65. The Hall–Kier alpha value is -1.67. The Kier molecular flexibility index (Phi) is 4.20. The van der Waals surface area contributed by atoms with Crippen molar-refractivity contribution in [2.45, 2.75) is 39.3 Å². The lowest BCUT2D eigenvalue weighted by Gasteiger charge is -2.36. The molecule has 3 N–H and O–H groups in total. The number of nitrogens with zero attached hydrogens (tertiary/aromatic N) is 2. The van der Waals surface area contributed by atoms with Gasteiger partial charge in [-0.2, -0.15) is 0 Å². The number of hydrogen-bond donors (Lipinski definition) is 2. The van der Waals surface area contributed by atoms with Crippen LogP contribution in [0.1, 0.15) is 36.1 Å². The van der Waals surface area contributed by atoms with E-state index in [1.165, 1.54) is 0 Å². The predicted octanol–water partition coefficient (Wildman–Crippen LogP) is 1.58. The van der Waals surface area contributed by atoms with E-state index in [1.54, 1.807) is 32.6 Å². The summed E-state index contributed by atoms with van der Waals surface area (Å²) < 4.78 is 5.31. The van der Waals surface area contributed by atoms with Gasteiger partial charge in [-0.25, -0.2) is 14.6 Å². The zero-order valence-electron chi connectivity index (χ0n) is 12.6. The summed E-state index contributed by atoms with van der Waals surface area (Å²) in [5.41, 5.74) is 5.61. The molecule has 1 aromatic rings. The minimum absolute atomic E-state index is 0.0473. The van der Waals surface area contributed by atoms with Gasteiger partial charge in [-0.3, -0.25) is 5.32 Å². The second-order valence-electron chi connectivity index (χ2n) is 6.03. The van der Waals surface area contributed by atoms with Crippen LogP contribution in [0.25, 0.3) is 0 Å². The molecule has 0 aromatic carbocycles. The average Bonchev–Trinajstić information content (AvgIpc) is 2.63. The Labute approximate surface area is 127 Å². The van der Waals surface area contributed by atoms with Crippen molar-refractivity contribution in [3.63, 3.8) is 0 Å². The first-order valence-electron chi connectivity index (χ1n) is 6.68. The fourth-order valence-corrected chi connectivity index (χ4v) is 2.65. The number of urea groups is 1. The van der Waals surface area contributed by atoms with E-state index in [1.807, 2.05) is 0 Å². The topological polar surface area (TPSA) is 97.5 Å². The molecule has 1 aromatic heterocycles. The summed E-state index contributed by atoms with van der Waals surface area (Å²) in [5.74, 6) is -0.427. The van der Waals surface area contributed by atoms with Gasteiger partial charge >= 0.3 is 12.0 Å². The number of carbonyl (C=O) groups excluding carboxylic acids is 2. The Bertz CT molecular complexity index is 558. The van der Waals surface area contributed by atoms with E-state index in [0.29, 0.717) is 28.8 Å². The molecule has 116 valence electrons. The molecule has 1 aliphatic heterocycles. The van der Waals surface area contributed by atoms with Crippen molar-refractivity contribution in [1.29, 1.82) is 0 Å². The minimum Gasteiger partial charge on any atom is -0.456 e. The van der Waals surface area contributed by atoms with Crippen LogP contribution in [0.3, 0.4) is 0 Å². The molecule has 0 radical (unpaired) electrons. The first-order valence-corrected chi connectivity index (χ1v) is 7.49. The van der Waals surface area contributed by atoms with Crippen LogP contribution in [-0.4, -0.2) is 46.6 Å². The Morgan fingerprint density at radius 3 is 2.57 bits per heavy atom. The van der Waals surface area contributed by atoms with E-state index in [9.17, 15) is 9.59 Å². The lowest BCUT2D eigenvalue weighted by molar-refractivity contribution is 0.00742. The number of thiazole rings is 1. The lowest BCUT2D eigenvalue weighted by atomic mass is 10.1. The molecule has 0 spiro atoms. The van der Waals surface area contributed by atoms with Gasteiger partial charge in [0.25, 0.3) is 0 Å². The van der Waals surface area contributed by atoms with Crippen LogP contribution in [0.5, 0.6) is 0 Å². The third-order valence-electron chi connectivity index (χ3n) is 2.79. The molecular formula is C13H20N4O3S. The molecule has 2 rings (SSSR count). The van der Waals surface area contributed by atoms with E-state index in [2.05, 4.69) is 10.3 Å². The summed E-state index contributed by atoms with van der Waals surface area (Å²) in [7, 11) is 0. The number of anilines is 1. The van der Waals surface area contributed by atoms with E-state index in [-0.39, 0.29) is 12.1 Å².